The van der Waals surface area contributed by atoms with Gasteiger partial charge in [-0.2, -0.15) is 0 Å². The van der Waals surface area contributed by atoms with Crippen LogP contribution in [0.25, 0.3) is 11.1 Å². The third kappa shape index (κ3) is 3.78. The third-order valence-electron chi connectivity index (χ3n) is 3.37. The summed E-state index contributed by atoms with van der Waals surface area (Å²) in [4.78, 5) is 3.21. The number of sulfonamides is 1. The van der Waals surface area contributed by atoms with E-state index in [0.29, 0.717) is 16.7 Å². The maximum Gasteiger partial charge on any atom is 0.266 e. The minimum Gasteiger partial charge on any atom is -0.263 e. The predicted octanol–water partition coefficient (Wildman–Crippen LogP) is 4.48. The standard InChI is InChI=1S/C17H11ClF2N2O2S/c18-14-4-2-1-3-13(14)11-5-8-17(21-10-11)22-25(23,24)16-9-12(19)6-7-15(16)20/h1-10H,(H,21,22). The SMILES string of the molecule is O=S(=O)(Nc1ccc(-c2ccccc2Cl)cn1)c1cc(F)ccc1F. The zero-order chi connectivity index (χ0) is 18.0. The van der Waals surface area contributed by atoms with Crippen LogP contribution in [0.1, 0.15) is 0 Å². The summed E-state index contributed by atoms with van der Waals surface area (Å²) in [6.07, 6.45) is 1.43. The highest BCUT2D eigenvalue weighted by molar-refractivity contribution is 7.92. The molecule has 0 saturated carbocycles. The number of anilines is 1. The highest BCUT2D eigenvalue weighted by Crippen LogP contribution is 2.28. The predicted molar refractivity (Wildman–Crippen MR) is 91.8 cm³/mol. The van der Waals surface area contributed by atoms with E-state index in [2.05, 4.69) is 9.71 Å². The third-order valence-corrected chi connectivity index (χ3v) is 5.07. The van der Waals surface area contributed by atoms with Crippen LogP contribution in [-0.2, 0) is 10.0 Å². The number of benzene rings is 2. The Hall–Kier alpha value is -2.51. The van der Waals surface area contributed by atoms with Crippen molar-refractivity contribution in [3.8, 4) is 11.1 Å². The van der Waals surface area contributed by atoms with Gasteiger partial charge in [-0.05, 0) is 36.4 Å². The summed E-state index contributed by atoms with van der Waals surface area (Å²) in [5, 5.41) is 0.527. The Morgan fingerprint density at radius 1 is 1.00 bits per heavy atom. The van der Waals surface area contributed by atoms with Crippen LogP contribution < -0.4 is 4.72 Å². The lowest BCUT2D eigenvalue weighted by Gasteiger charge is -2.09. The van der Waals surface area contributed by atoms with Gasteiger partial charge in [0.05, 0.1) is 0 Å². The number of halogens is 3. The van der Waals surface area contributed by atoms with Gasteiger partial charge in [0.1, 0.15) is 22.3 Å². The minimum atomic E-state index is -4.31. The summed E-state index contributed by atoms with van der Waals surface area (Å²) in [5.41, 5.74) is 1.42. The summed E-state index contributed by atoms with van der Waals surface area (Å²) in [5.74, 6) is -1.94. The van der Waals surface area contributed by atoms with E-state index < -0.39 is 26.6 Å². The van der Waals surface area contributed by atoms with Crippen LogP contribution in [0.5, 0.6) is 0 Å². The molecule has 2 aromatic carbocycles. The second-order valence-electron chi connectivity index (χ2n) is 5.09. The first kappa shape index (κ1) is 17.3. The number of nitrogens with zero attached hydrogens (tertiary/aromatic N) is 1. The largest absolute Gasteiger partial charge is 0.266 e. The van der Waals surface area contributed by atoms with Crippen molar-refractivity contribution in [2.75, 3.05) is 4.72 Å². The van der Waals surface area contributed by atoms with Gasteiger partial charge in [0.15, 0.2) is 0 Å². The molecule has 1 N–H and O–H groups in total. The average Bonchev–Trinajstić information content (AvgIpc) is 2.58. The summed E-state index contributed by atoms with van der Waals surface area (Å²) in [6.45, 7) is 0. The van der Waals surface area contributed by atoms with Gasteiger partial charge in [-0.25, -0.2) is 22.2 Å². The van der Waals surface area contributed by atoms with Crippen molar-refractivity contribution in [1.82, 2.24) is 4.98 Å². The first-order valence-corrected chi connectivity index (χ1v) is 8.92. The van der Waals surface area contributed by atoms with Crippen LogP contribution in [0.4, 0.5) is 14.6 Å². The molecule has 0 saturated heterocycles. The highest BCUT2D eigenvalue weighted by atomic mass is 35.5. The van der Waals surface area contributed by atoms with Gasteiger partial charge in [-0.15, -0.1) is 0 Å². The molecule has 0 radical (unpaired) electrons. The summed E-state index contributed by atoms with van der Waals surface area (Å²) in [7, 11) is -4.31. The van der Waals surface area contributed by atoms with E-state index >= 15 is 0 Å². The number of rotatable bonds is 4. The quantitative estimate of drug-likeness (QED) is 0.726. The van der Waals surface area contributed by atoms with Crippen molar-refractivity contribution in [1.29, 1.82) is 0 Å². The molecule has 0 amide bonds. The summed E-state index contributed by atoms with van der Waals surface area (Å²) < 4.78 is 53.4. The lowest BCUT2D eigenvalue weighted by atomic mass is 10.1. The number of nitrogens with one attached hydrogen (secondary N) is 1. The van der Waals surface area contributed by atoms with Crippen molar-refractivity contribution in [3.63, 3.8) is 0 Å². The van der Waals surface area contributed by atoms with E-state index in [0.717, 1.165) is 17.7 Å². The van der Waals surface area contributed by atoms with Crippen molar-refractivity contribution in [2.24, 2.45) is 0 Å². The molecule has 0 atom stereocenters. The maximum absolute atomic E-state index is 13.7. The Morgan fingerprint density at radius 2 is 1.76 bits per heavy atom. The molecule has 1 aromatic heterocycles. The Balaban J connectivity index is 1.89. The molecule has 0 aliphatic heterocycles. The molecule has 0 aliphatic carbocycles. The molecule has 25 heavy (non-hydrogen) atoms. The van der Waals surface area contributed by atoms with Gasteiger partial charge in [-0.3, -0.25) is 4.72 Å². The molecule has 0 aliphatic rings. The molecule has 3 rings (SSSR count). The van der Waals surface area contributed by atoms with Crippen LogP contribution in [0.2, 0.25) is 5.02 Å². The average molecular weight is 381 g/mol. The van der Waals surface area contributed by atoms with Gasteiger partial charge in [0.25, 0.3) is 10.0 Å². The molecule has 1 heterocycles. The molecule has 8 heteroatoms. The van der Waals surface area contributed by atoms with Crippen LogP contribution in [0, 0.1) is 11.6 Å². The molecule has 128 valence electrons. The van der Waals surface area contributed by atoms with Crippen molar-refractivity contribution in [2.45, 2.75) is 4.90 Å². The molecule has 0 unspecified atom stereocenters. The van der Waals surface area contributed by atoms with E-state index in [9.17, 15) is 17.2 Å². The van der Waals surface area contributed by atoms with Crippen LogP contribution in [-0.4, -0.2) is 13.4 Å². The number of hydrogen-bond acceptors (Lipinski definition) is 3. The summed E-state index contributed by atoms with van der Waals surface area (Å²) in [6, 6.07) is 12.3. The van der Waals surface area contributed by atoms with E-state index in [1.807, 2.05) is 6.07 Å². The Kier molecular flexibility index (Phi) is 4.69. The van der Waals surface area contributed by atoms with Gasteiger partial charge in [0.2, 0.25) is 0 Å². The Bertz CT molecular complexity index is 1030. The fourth-order valence-electron chi connectivity index (χ4n) is 2.18. The Labute approximate surface area is 148 Å². The lowest BCUT2D eigenvalue weighted by Crippen LogP contribution is -2.15. The maximum atomic E-state index is 13.7. The molecular formula is C17H11ClF2N2O2S. The van der Waals surface area contributed by atoms with Gasteiger partial charge in [0, 0.05) is 22.3 Å². The number of hydrogen-bond donors (Lipinski definition) is 1. The first-order chi connectivity index (χ1) is 11.9. The van der Waals surface area contributed by atoms with Gasteiger partial charge < -0.3 is 0 Å². The first-order valence-electron chi connectivity index (χ1n) is 7.06. The number of pyridine rings is 1. The van der Waals surface area contributed by atoms with Crippen molar-refractivity contribution < 1.29 is 17.2 Å². The van der Waals surface area contributed by atoms with Gasteiger partial charge in [-0.1, -0.05) is 29.8 Å². The van der Waals surface area contributed by atoms with E-state index in [-0.39, 0.29) is 5.82 Å². The monoisotopic (exact) mass is 380 g/mol. The summed E-state index contributed by atoms with van der Waals surface area (Å²) >= 11 is 6.10. The molecule has 0 fully saturated rings. The molecular weight excluding hydrogens is 370 g/mol. The minimum absolute atomic E-state index is 0.0283. The fraction of sp³-hybridized carbons (Fsp3) is 0. The fourth-order valence-corrected chi connectivity index (χ4v) is 3.53. The molecule has 3 aromatic rings. The second-order valence-corrected chi connectivity index (χ2v) is 7.15. The van der Waals surface area contributed by atoms with E-state index in [1.165, 1.54) is 12.3 Å². The van der Waals surface area contributed by atoms with Gasteiger partial charge >= 0.3 is 0 Å². The second kappa shape index (κ2) is 6.78. The zero-order valence-electron chi connectivity index (χ0n) is 12.6. The molecule has 4 nitrogen and oxygen atoms in total. The van der Waals surface area contributed by atoms with Crippen LogP contribution >= 0.6 is 11.6 Å². The van der Waals surface area contributed by atoms with Crippen molar-refractivity contribution >= 4 is 27.4 Å². The van der Waals surface area contributed by atoms with E-state index in [1.54, 1.807) is 24.3 Å². The topological polar surface area (TPSA) is 59.1 Å². The Morgan fingerprint density at radius 3 is 2.44 bits per heavy atom. The van der Waals surface area contributed by atoms with Crippen LogP contribution in [0.3, 0.4) is 0 Å². The lowest BCUT2D eigenvalue weighted by molar-refractivity contribution is 0.555. The smallest absolute Gasteiger partial charge is 0.263 e. The zero-order valence-corrected chi connectivity index (χ0v) is 14.2. The normalized spacial score (nSPS) is 11.3. The van der Waals surface area contributed by atoms with E-state index in [4.69, 9.17) is 11.6 Å². The van der Waals surface area contributed by atoms with Crippen LogP contribution in [0.15, 0.2) is 65.7 Å². The number of aromatic nitrogens is 1. The molecule has 0 bridgehead atoms. The highest BCUT2D eigenvalue weighted by Gasteiger charge is 2.20. The molecule has 0 spiro atoms. The van der Waals surface area contributed by atoms with Crippen molar-refractivity contribution in [3.05, 3.63) is 77.5 Å².